The lowest BCUT2D eigenvalue weighted by atomic mass is 10.2. The Bertz CT molecular complexity index is 482. The van der Waals surface area contributed by atoms with E-state index in [0.717, 1.165) is 17.7 Å². The van der Waals surface area contributed by atoms with Gasteiger partial charge in [-0.3, -0.25) is 16.2 Å². The maximum atomic E-state index is 7.71. The van der Waals surface area contributed by atoms with E-state index in [1.54, 1.807) is 7.11 Å². The van der Waals surface area contributed by atoms with Gasteiger partial charge in [-0.15, -0.1) is 11.8 Å². The van der Waals surface area contributed by atoms with Gasteiger partial charge in [0.25, 0.3) is 0 Å². The lowest BCUT2D eigenvalue weighted by Gasteiger charge is -2.03. The Morgan fingerprint density at radius 3 is 2.53 bits per heavy atom. The molecule has 0 aliphatic rings. The second-order valence-electron chi connectivity index (χ2n) is 3.54. The second kappa shape index (κ2) is 8.10. The van der Waals surface area contributed by atoms with E-state index in [1.807, 2.05) is 24.3 Å². The van der Waals surface area contributed by atoms with Crippen molar-refractivity contribution in [1.29, 1.82) is 16.2 Å². The van der Waals surface area contributed by atoms with Crippen LogP contribution < -0.4 is 10.1 Å². The Hall–Kier alpha value is -2.08. The molecule has 0 bridgehead atoms. The number of amidine groups is 1. The number of methoxy groups -OCH3 is 1. The third-order valence-corrected chi connectivity index (χ3v) is 3.11. The molecule has 19 heavy (non-hydrogen) atoms. The van der Waals surface area contributed by atoms with Gasteiger partial charge in [-0.1, -0.05) is 12.1 Å². The van der Waals surface area contributed by atoms with Gasteiger partial charge in [0.2, 0.25) is 0 Å². The van der Waals surface area contributed by atoms with E-state index in [0.29, 0.717) is 10.8 Å². The third-order valence-electron chi connectivity index (χ3n) is 2.18. The van der Waals surface area contributed by atoms with Crippen LogP contribution in [0, 0.1) is 16.2 Å². The Morgan fingerprint density at radius 1 is 1.26 bits per heavy atom. The molecule has 0 heterocycles. The average Bonchev–Trinajstić information content (AvgIpc) is 2.44. The number of nitrogens with one attached hydrogen (secondary N) is 4. The third kappa shape index (κ3) is 5.87. The van der Waals surface area contributed by atoms with Crippen LogP contribution in [0.15, 0.2) is 36.4 Å². The maximum Gasteiger partial charge on any atom is 0.123 e. The number of hydrogen-bond acceptors (Lipinski definition) is 5. The molecule has 0 aliphatic heterocycles. The van der Waals surface area contributed by atoms with Crippen LogP contribution in [0.2, 0.25) is 0 Å². The summed E-state index contributed by atoms with van der Waals surface area (Å²) in [6.07, 6.45) is 3.92. The van der Waals surface area contributed by atoms with Crippen molar-refractivity contribution in [1.82, 2.24) is 5.32 Å². The first-order valence-electron chi connectivity index (χ1n) is 5.52. The molecule has 1 rings (SSSR count). The van der Waals surface area contributed by atoms with Crippen LogP contribution in [0.4, 0.5) is 0 Å². The molecule has 6 heteroatoms. The molecule has 0 saturated heterocycles. The van der Waals surface area contributed by atoms with E-state index < -0.39 is 0 Å². The fourth-order valence-electron chi connectivity index (χ4n) is 1.22. The summed E-state index contributed by atoms with van der Waals surface area (Å²) in [7, 11) is 1.63. The molecule has 0 amide bonds. The quantitative estimate of drug-likeness (QED) is 0.475. The van der Waals surface area contributed by atoms with Gasteiger partial charge in [0.15, 0.2) is 0 Å². The van der Waals surface area contributed by atoms with Gasteiger partial charge in [-0.05, 0) is 29.8 Å². The summed E-state index contributed by atoms with van der Waals surface area (Å²) in [5, 5.41) is 24.6. The van der Waals surface area contributed by atoms with Crippen LogP contribution in [-0.2, 0) is 5.75 Å². The van der Waals surface area contributed by atoms with Gasteiger partial charge >= 0.3 is 0 Å². The van der Waals surface area contributed by atoms with Gasteiger partial charge < -0.3 is 10.1 Å². The van der Waals surface area contributed by atoms with E-state index in [9.17, 15) is 0 Å². The fourth-order valence-corrected chi connectivity index (χ4v) is 1.89. The Balaban J connectivity index is 2.41. The predicted octanol–water partition coefficient (Wildman–Crippen LogP) is 2.64. The number of thioether (sulfide) groups is 1. The zero-order valence-electron chi connectivity index (χ0n) is 10.6. The molecule has 0 unspecified atom stereocenters. The molecule has 100 valence electrons. The van der Waals surface area contributed by atoms with Crippen molar-refractivity contribution in [3.05, 3.63) is 42.0 Å². The zero-order valence-corrected chi connectivity index (χ0v) is 11.4. The van der Waals surface area contributed by atoms with Crippen LogP contribution in [0.1, 0.15) is 5.56 Å². The summed E-state index contributed by atoms with van der Waals surface area (Å²) in [6, 6.07) is 7.70. The highest BCUT2D eigenvalue weighted by molar-refractivity contribution is 8.13. The van der Waals surface area contributed by atoms with Crippen LogP contribution in [0.25, 0.3) is 0 Å². The molecule has 0 saturated carbocycles. The molecule has 1 aromatic rings. The second-order valence-corrected chi connectivity index (χ2v) is 4.55. The summed E-state index contributed by atoms with van der Waals surface area (Å²) in [6.45, 7) is 0. The summed E-state index contributed by atoms with van der Waals surface area (Å²) in [5.74, 6) is 1.60. The monoisotopic (exact) mass is 276 g/mol. The maximum absolute atomic E-state index is 7.71. The molecule has 0 aliphatic carbocycles. The Morgan fingerprint density at radius 2 is 1.95 bits per heavy atom. The summed E-state index contributed by atoms with van der Waals surface area (Å²) >= 11 is 1.38. The molecule has 0 aromatic heterocycles. The number of benzene rings is 1. The normalized spacial score (nSPS) is 10.2. The predicted molar refractivity (Wildman–Crippen MR) is 80.8 cm³/mol. The van der Waals surface area contributed by atoms with Crippen molar-refractivity contribution in [2.24, 2.45) is 0 Å². The molecule has 0 fully saturated rings. The van der Waals surface area contributed by atoms with Gasteiger partial charge in [0, 0.05) is 5.75 Å². The van der Waals surface area contributed by atoms with Gasteiger partial charge in [-0.25, -0.2) is 0 Å². The highest BCUT2D eigenvalue weighted by Crippen LogP contribution is 2.17. The van der Waals surface area contributed by atoms with Gasteiger partial charge in [0.05, 0.1) is 18.5 Å². The van der Waals surface area contributed by atoms with Crippen molar-refractivity contribution in [3.8, 4) is 5.75 Å². The minimum Gasteiger partial charge on any atom is -0.497 e. The van der Waals surface area contributed by atoms with E-state index >= 15 is 0 Å². The SMILES string of the molecule is COc1ccc(CSC(=N)/C=C\C(=N)NC=N)cc1. The minimum atomic E-state index is 0.0878. The summed E-state index contributed by atoms with van der Waals surface area (Å²) in [4.78, 5) is 0. The first-order chi connectivity index (χ1) is 9.15. The highest BCUT2D eigenvalue weighted by atomic mass is 32.2. The summed E-state index contributed by atoms with van der Waals surface area (Å²) in [5.41, 5.74) is 1.11. The van der Waals surface area contributed by atoms with Gasteiger partial charge in [0.1, 0.15) is 11.6 Å². The molecule has 0 radical (unpaired) electrons. The van der Waals surface area contributed by atoms with Crippen LogP contribution in [-0.4, -0.2) is 24.3 Å². The van der Waals surface area contributed by atoms with E-state index in [2.05, 4.69) is 5.32 Å². The number of hydrogen-bond donors (Lipinski definition) is 4. The van der Waals surface area contributed by atoms with Crippen LogP contribution in [0.3, 0.4) is 0 Å². The Labute approximate surface area is 116 Å². The standard InChI is InChI=1S/C13H16N4OS/c1-18-11-4-2-10(3-5-11)8-19-13(16)7-6-12(15)17-9-14/h2-7,9,16H,8H2,1H3,(H3,14,15,17)/b7-6-,16-13?. The average molecular weight is 276 g/mol. The van der Waals surface area contributed by atoms with E-state index in [-0.39, 0.29) is 5.84 Å². The fraction of sp³-hybridized carbons (Fsp3) is 0.154. The van der Waals surface area contributed by atoms with Crippen molar-refractivity contribution >= 4 is 29.0 Å². The molecule has 5 nitrogen and oxygen atoms in total. The number of rotatable bonds is 6. The largest absolute Gasteiger partial charge is 0.497 e. The zero-order chi connectivity index (χ0) is 14.1. The van der Waals surface area contributed by atoms with Crippen molar-refractivity contribution in [2.75, 3.05) is 7.11 Å². The lowest BCUT2D eigenvalue weighted by Crippen LogP contribution is -2.17. The van der Waals surface area contributed by atoms with Crippen LogP contribution >= 0.6 is 11.8 Å². The number of ether oxygens (including phenoxy) is 1. The molecular weight excluding hydrogens is 260 g/mol. The topological polar surface area (TPSA) is 92.8 Å². The van der Waals surface area contributed by atoms with Crippen LogP contribution in [0.5, 0.6) is 5.75 Å². The van der Waals surface area contributed by atoms with Crippen molar-refractivity contribution < 1.29 is 4.74 Å². The molecular formula is C13H16N4OS. The Kier molecular flexibility index (Phi) is 6.38. The van der Waals surface area contributed by atoms with Gasteiger partial charge in [-0.2, -0.15) is 0 Å². The first kappa shape index (κ1) is 15.0. The summed E-state index contributed by atoms with van der Waals surface area (Å²) < 4.78 is 5.07. The minimum absolute atomic E-state index is 0.0878. The molecule has 1 aromatic carbocycles. The smallest absolute Gasteiger partial charge is 0.123 e. The van der Waals surface area contributed by atoms with Crippen molar-refractivity contribution in [2.45, 2.75) is 5.75 Å². The molecule has 0 spiro atoms. The van der Waals surface area contributed by atoms with E-state index in [1.165, 1.54) is 23.9 Å². The highest BCUT2D eigenvalue weighted by Gasteiger charge is 1.98. The first-order valence-corrected chi connectivity index (χ1v) is 6.50. The lowest BCUT2D eigenvalue weighted by molar-refractivity contribution is 0.414. The molecule has 0 atom stereocenters. The van der Waals surface area contributed by atoms with Crippen molar-refractivity contribution in [3.63, 3.8) is 0 Å². The molecule has 4 N–H and O–H groups in total. The van der Waals surface area contributed by atoms with E-state index in [4.69, 9.17) is 21.0 Å².